The maximum absolute atomic E-state index is 9.60. The van der Waals surface area contributed by atoms with E-state index in [1.165, 1.54) is 51.2 Å². The molecule has 3 heteroatoms. The van der Waals surface area contributed by atoms with Crippen LogP contribution in [0.4, 0.5) is 0 Å². The molecule has 0 radical (unpaired) electrons. The minimum atomic E-state index is -0.935. The van der Waals surface area contributed by atoms with Crippen molar-refractivity contribution in [3.63, 3.8) is 0 Å². The Balaban J connectivity index is 0. The van der Waals surface area contributed by atoms with E-state index >= 15 is 0 Å². The van der Waals surface area contributed by atoms with Crippen molar-refractivity contribution in [1.29, 1.82) is 0 Å². The zero-order valence-electron chi connectivity index (χ0n) is 13.7. The third-order valence-electron chi connectivity index (χ3n) is 2.79. The van der Waals surface area contributed by atoms with Gasteiger partial charge in [0, 0.05) is 12.0 Å². The van der Waals surface area contributed by atoms with E-state index < -0.39 is 5.97 Å². The minimum absolute atomic E-state index is 0.176. The number of allylic oxidation sites excluding steroid dienone is 2. The maximum Gasteiger partial charge on any atom is 0.330 e. The number of ether oxygens (including phenoxy) is 1. The van der Waals surface area contributed by atoms with E-state index in [0.717, 1.165) is 13.0 Å². The first-order chi connectivity index (χ1) is 9.49. The Morgan fingerprint density at radius 1 is 1.15 bits per heavy atom. The second-order valence-electron chi connectivity index (χ2n) is 4.79. The van der Waals surface area contributed by atoms with E-state index in [1.54, 1.807) is 0 Å². The fourth-order valence-electron chi connectivity index (χ4n) is 1.56. The quantitative estimate of drug-likeness (QED) is 0.335. The summed E-state index contributed by atoms with van der Waals surface area (Å²) in [6.07, 6.45) is 11.4. The van der Waals surface area contributed by atoms with Crippen LogP contribution < -0.4 is 0 Å². The van der Waals surface area contributed by atoms with Gasteiger partial charge in [0.05, 0.1) is 12.4 Å². The largest absolute Gasteiger partial charge is 0.499 e. The number of rotatable bonds is 10. The highest BCUT2D eigenvalue weighted by Gasteiger charge is 1.96. The lowest BCUT2D eigenvalue weighted by molar-refractivity contribution is -0.132. The molecule has 0 unspecified atom stereocenters. The predicted molar refractivity (Wildman–Crippen MR) is 85.8 cm³/mol. The molecule has 3 nitrogen and oxygen atoms in total. The molecule has 0 aliphatic carbocycles. The molecule has 118 valence electrons. The molecular formula is C17H32O3. The standard InChI is InChI=1S/C13H26O.C4H6O2/c1-4-7-8-9-10-11-12-13(5-2)14-6-3;1-3(2)4(5)6/h5H,4,6-12H2,1-3H3;1H2,2H3,(H,5,6). The second-order valence-corrected chi connectivity index (χ2v) is 4.79. The van der Waals surface area contributed by atoms with Crippen molar-refractivity contribution < 1.29 is 14.6 Å². The van der Waals surface area contributed by atoms with Crippen LogP contribution in [0.25, 0.3) is 0 Å². The molecule has 20 heavy (non-hydrogen) atoms. The highest BCUT2D eigenvalue weighted by atomic mass is 16.5. The molecule has 0 aromatic heterocycles. The van der Waals surface area contributed by atoms with Gasteiger partial charge in [-0.3, -0.25) is 0 Å². The van der Waals surface area contributed by atoms with Gasteiger partial charge in [-0.2, -0.15) is 0 Å². The molecule has 0 atom stereocenters. The van der Waals surface area contributed by atoms with E-state index in [2.05, 4.69) is 26.5 Å². The number of carboxylic acids is 1. The first kappa shape index (κ1) is 21.1. The molecule has 0 aliphatic rings. The molecule has 0 heterocycles. The van der Waals surface area contributed by atoms with Crippen molar-refractivity contribution >= 4 is 5.97 Å². The number of hydrogen-bond donors (Lipinski definition) is 1. The van der Waals surface area contributed by atoms with Crippen LogP contribution in [0.5, 0.6) is 0 Å². The number of aliphatic carboxylic acids is 1. The maximum atomic E-state index is 9.60. The summed E-state index contributed by atoms with van der Waals surface area (Å²) in [6, 6.07) is 0. The van der Waals surface area contributed by atoms with Crippen molar-refractivity contribution in [3.05, 3.63) is 24.0 Å². The van der Waals surface area contributed by atoms with Crippen LogP contribution in [0.3, 0.4) is 0 Å². The van der Waals surface area contributed by atoms with Crippen LogP contribution in [0.1, 0.15) is 72.6 Å². The van der Waals surface area contributed by atoms with E-state index in [1.807, 2.05) is 6.92 Å². The van der Waals surface area contributed by atoms with Gasteiger partial charge in [-0.15, -0.1) is 0 Å². The van der Waals surface area contributed by atoms with Gasteiger partial charge in [0.1, 0.15) is 0 Å². The lowest BCUT2D eigenvalue weighted by Gasteiger charge is -2.07. The lowest BCUT2D eigenvalue weighted by Crippen LogP contribution is -1.92. The number of hydrogen-bond acceptors (Lipinski definition) is 2. The Bertz CT molecular complexity index is 268. The second kappa shape index (κ2) is 15.8. The van der Waals surface area contributed by atoms with Crippen LogP contribution in [-0.4, -0.2) is 17.7 Å². The summed E-state index contributed by atoms with van der Waals surface area (Å²) in [5.74, 6) is 0.234. The van der Waals surface area contributed by atoms with Gasteiger partial charge >= 0.3 is 5.97 Å². The lowest BCUT2D eigenvalue weighted by atomic mass is 10.1. The topological polar surface area (TPSA) is 46.5 Å². The average Bonchev–Trinajstić information content (AvgIpc) is 2.42. The monoisotopic (exact) mass is 284 g/mol. The molecule has 0 fully saturated rings. The van der Waals surface area contributed by atoms with Gasteiger partial charge in [-0.05, 0) is 33.3 Å². The van der Waals surface area contributed by atoms with E-state index in [0.29, 0.717) is 0 Å². The predicted octanol–water partition coefficient (Wildman–Crippen LogP) is 5.32. The van der Waals surface area contributed by atoms with Gasteiger partial charge < -0.3 is 9.84 Å². The van der Waals surface area contributed by atoms with E-state index in [4.69, 9.17) is 9.84 Å². The van der Waals surface area contributed by atoms with Gasteiger partial charge in [-0.25, -0.2) is 4.79 Å². The van der Waals surface area contributed by atoms with Crippen LogP contribution in [-0.2, 0) is 9.53 Å². The first-order valence-corrected chi connectivity index (χ1v) is 7.66. The summed E-state index contributed by atoms with van der Waals surface area (Å²) < 4.78 is 5.48. The Hall–Kier alpha value is -1.25. The summed E-state index contributed by atoms with van der Waals surface area (Å²) in [4.78, 5) is 9.60. The number of carboxylic acid groups (broad SMARTS) is 1. The minimum Gasteiger partial charge on any atom is -0.499 e. The Morgan fingerprint density at radius 3 is 2.05 bits per heavy atom. The SMILES string of the molecule is C=C(C)C(=O)O.CC=C(CCCCCCCC)OCC. The molecule has 0 aromatic carbocycles. The summed E-state index contributed by atoms with van der Waals surface area (Å²) in [5.41, 5.74) is 0.176. The van der Waals surface area contributed by atoms with E-state index in [9.17, 15) is 4.79 Å². The Labute approximate surface area is 124 Å². The molecule has 0 spiro atoms. The van der Waals surface area contributed by atoms with Gasteiger partial charge in [-0.1, -0.05) is 45.6 Å². The molecule has 0 aromatic rings. The van der Waals surface area contributed by atoms with Crippen LogP contribution in [0.15, 0.2) is 24.0 Å². The third kappa shape index (κ3) is 16.8. The summed E-state index contributed by atoms with van der Waals surface area (Å²) in [5, 5.41) is 7.89. The van der Waals surface area contributed by atoms with Gasteiger partial charge in [0.2, 0.25) is 0 Å². The van der Waals surface area contributed by atoms with Gasteiger partial charge in [0.25, 0.3) is 0 Å². The Morgan fingerprint density at radius 2 is 1.65 bits per heavy atom. The Kier molecular flexibility index (Phi) is 16.6. The fourth-order valence-corrected chi connectivity index (χ4v) is 1.56. The van der Waals surface area contributed by atoms with Crippen molar-refractivity contribution in [3.8, 4) is 0 Å². The highest BCUT2D eigenvalue weighted by molar-refractivity contribution is 5.84. The first-order valence-electron chi connectivity index (χ1n) is 7.66. The smallest absolute Gasteiger partial charge is 0.330 e. The molecule has 1 N–H and O–H groups in total. The van der Waals surface area contributed by atoms with Gasteiger partial charge in [0.15, 0.2) is 0 Å². The zero-order valence-corrected chi connectivity index (χ0v) is 13.7. The van der Waals surface area contributed by atoms with E-state index in [-0.39, 0.29) is 5.57 Å². The van der Waals surface area contributed by atoms with Crippen molar-refractivity contribution in [2.24, 2.45) is 0 Å². The average molecular weight is 284 g/mol. The summed E-state index contributed by atoms with van der Waals surface area (Å²) >= 11 is 0. The van der Waals surface area contributed by atoms with Crippen molar-refractivity contribution in [2.75, 3.05) is 6.61 Å². The molecule has 0 saturated heterocycles. The van der Waals surface area contributed by atoms with Crippen LogP contribution in [0, 0.1) is 0 Å². The van der Waals surface area contributed by atoms with Crippen LogP contribution >= 0.6 is 0 Å². The molecule has 0 bridgehead atoms. The molecular weight excluding hydrogens is 252 g/mol. The van der Waals surface area contributed by atoms with Crippen molar-refractivity contribution in [2.45, 2.75) is 72.6 Å². The summed E-state index contributed by atoms with van der Waals surface area (Å²) in [7, 11) is 0. The number of unbranched alkanes of at least 4 members (excludes halogenated alkanes) is 5. The number of carbonyl (C=O) groups is 1. The molecule has 0 rings (SSSR count). The molecule has 0 amide bonds. The van der Waals surface area contributed by atoms with Crippen LogP contribution in [0.2, 0.25) is 0 Å². The zero-order chi connectivity index (χ0) is 15.8. The normalized spacial score (nSPS) is 10.5. The third-order valence-corrected chi connectivity index (χ3v) is 2.79. The molecule has 0 aliphatic heterocycles. The molecule has 0 saturated carbocycles. The highest BCUT2D eigenvalue weighted by Crippen LogP contribution is 2.12. The summed E-state index contributed by atoms with van der Waals surface area (Å²) in [6.45, 7) is 11.8. The fraction of sp³-hybridized carbons (Fsp3) is 0.706. The van der Waals surface area contributed by atoms with Crippen molar-refractivity contribution in [1.82, 2.24) is 0 Å².